The number of hydrogen-bond acceptors (Lipinski definition) is 6. The van der Waals surface area contributed by atoms with Gasteiger partial charge in [0.25, 0.3) is 15.8 Å². The molecule has 1 aromatic heterocycles. The predicted octanol–water partition coefficient (Wildman–Crippen LogP) is 3.26. The molecule has 0 saturated heterocycles. The van der Waals surface area contributed by atoms with E-state index in [9.17, 15) is 18.0 Å². The number of rotatable bonds is 6. The highest BCUT2D eigenvalue weighted by Gasteiger charge is 2.25. The Morgan fingerprint density at radius 3 is 2.67 bits per heavy atom. The van der Waals surface area contributed by atoms with Crippen molar-refractivity contribution in [3.05, 3.63) is 45.1 Å². The minimum Gasteiger partial charge on any atom is -0.460 e. The summed E-state index contributed by atoms with van der Waals surface area (Å²) in [6.07, 6.45) is 0. The number of carbonyl (C=O) groups is 2. The average molecular weight is 388 g/mol. The first-order chi connectivity index (χ1) is 11.3. The number of thiophene rings is 1. The number of ether oxygens (including phenoxy) is 1. The Morgan fingerprint density at radius 1 is 1.29 bits per heavy atom. The van der Waals surface area contributed by atoms with E-state index in [0.29, 0.717) is 10.6 Å². The molecule has 0 saturated carbocycles. The molecule has 0 amide bonds. The van der Waals surface area contributed by atoms with Crippen molar-refractivity contribution in [2.24, 2.45) is 0 Å². The molecule has 24 heavy (non-hydrogen) atoms. The molecule has 0 bridgehead atoms. The minimum absolute atomic E-state index is 0.00395. The van der Waals surface area contributed by atoms with Crippen molar-refractivity contribution in [1.29, 1.82) is 0 Å². The molecule has 2 rings (SSSR count). The van der Waals surface area contributed by atoms with Gasteiger partial charge in [0.1, 0.15) is 0 Å². The molecular weight excluding hydrogens is 374 g/mol. The zero-order valence-electron chi connectivity index (χ0n) is 12.8. The number of Topliss-reactive ketones (excluding diaryl/α,β-unsaturated/α-hetero) is 1. The first-order valence-corrected chi connectivity index (χ1v) is 9.64. The van der Waals surface area contributed by atoms with Gasteiger partial charge in [0.2, 0.25) is 0 Å². The molecule has 0 aliphatic carbocycles. The Bertz CT molecular complexity index is 889. The van der Waals surface area contributed by atoms with Gasteiger partial charge in [-0.25, -0.2) is 13.2 Å². The van der Waals surface area contributed by atoms with E-state index in [1.807, 2.05) is 0 Å². The monoisotopic (exact) mass is 387 g/mol. The lowest BCUT2D eigenvalue weighted by molar-refractivity contribution is -0.137. The van der Waals surface area contributed by atoms with Gasteiger partial charge in [-0.2, -0.15) is 0 Å². The van der Waals surface area contributed by atoms with Gasteiger partial charge < -0.3 is 4.74 Å². The summed E-state index contributed by atoms with van der Waals surface area (Å²) in [5.41, 5.74) is 0.360. The summed E-state index contributed by atoms with van der Waals surface area (Å²) < 4.78 is 32.1. The van der Waals surface area contributed by atoms with Crippen LogP contribution in [0, 0.1) is 6.92 Å². The molecule has 0 aliphatic rings. The molecule has 1 N–H and O–H groups in total. The zero-order chi connectivity index (χ0) is 17.9. The van der Waals surface area contributed by atoms with Gasteiger partial charge in [-0.3, -0.25) is 9.52 Å². The normalized spacial score (nSPS) is 11.1. The fourth-order valence-electron chi connectivity index (χ4n) is 1.94. The lowest BCUT2D eigenvalue weighted by Gasteiger charge is -2.11. The summed E-state index contributed by atoms with van der Waals surface area (Å²) in [5.74, 6) is -1.94. The quantitative estimate of drug-likeness (QED) is 0.466. The number of halogens is 1. The summed E-state index contributed by atoms with van der Waals surface area (Å²) in [6, 6.07) is 4.50. The largest absolute Gasteiger partial charge is 0.460 e. The third-order valence-electron chi connectivity index (χ3n) is 3.12. The van der Waals surface area contributed by atoms with E-state index in [0.717, 1.165) is 11.3 Å². The molecular formula is C15H14ClNO5S2. The maximum absolute atomic E-state index is 12.6. The van der Waals surface area contributed by atoms with Crippen molar-refractivity contribution in [2.75, 3.05) is 11.3 Å². The van der Waals surface area contributed by atoms with Gasteiger partial charge in [0.05, 0.1) is 22.8 Å². The van der Waals surface area contributed by atoms with Gasteiger partial charge in [-0.05, 0) is 31.5 Å². The Kier molecular flexibility index (Phi) is 5.63. The van der Waals surface area contributed by atoms with Crippen molar-refractivity contribution >= 4 is 50.4 Å². The van der Waals surface area contributed by atoms with Gasteiger partial charge in [-0.1, -0.05) is 17.7 Å². The summed E-state index contributed by atoms with van der Waals surface area (Å²) in [7, 11) is -3.96. The van der Waals surface area contributed by atoms with Crippen LogP contribution in [0.25, 0.3) is 0 Å². The number of carbonyl (C=O) groups excluding carboxylic acids is 2. The molecule has 0 fully saturated rings. The van der Waals surface area contributed by atoms with Crippen LogP contribution in [0.4, 0.5) is 5.69 Å². The summed E-state index contributed by atoms with van der Waals surface area (Å²) in [6.45, 7) is 3.21. The third-order valence-corrected chi connectivity index (χ3v) is 5.78. The van der Waals surface area contributed by atoms with Crippen LogP contribution < -0.4 is 4.72 Å². The topological polar surface area (TPSA) is 89.5 Å². The lowest BCUT2D eigenvalue weighted by atomic mass is 10.2. The maximum atomic E-state index is 12.6. The smallest absolute Gasteiger partial charge is 0.379 e. The van der Waals surface area contributed by atoms with E-state index in [2.05, 4.69) is 9.46 Å². The van der Waals surface area contributed by atoms with Gasteiger partial charge >= 0.3 is 5.97 Å². The van der Waals surface area contributed by atoms with Crippen LogP contribution in [0.1, 0.15) is 22.8 Å². The van der Waals surface area contributed by atoms with Crippen LogP contribution in [0.5, 0.6) is 0 Å². The number of benzene rings is 1. The molecule has 0 aliphatic heterocycles. The number of nitrogens with one attached hydrogen (secondary N) is 1. The van der Waals surface area contributed by atoms with Crippen molar-refractivity contribution in [1.82, 2.24) is 0 Å². The molecule has 6 nitrogen and oxygen atoms in total. The fourth-order valence-corrected chi connectivity index (χ4v) is 4.34. The van der Waals surface area contributed by atoms with Crippen molar-refractivity contribution < 1.29 is 22.7 Å². The molecule has 2 aromatic rings. The van der Waals surface area contributed by atoms with Crippen LogP contribution in [0.2, 0.25) is 5.02 Å². The number of hydrogen-bond donors (Lipinski definition) is 1. The molecule has 1 aromatic carbocycles. The van der Waals surface area contributed by atoms with E-state index in [1.165, 1.54) is 22.9 Å². The maximum Gasteiger partial charge on any atom is 0.379 e. The Balaban J connectivity index is 2.35. The first-order valence-electron chi connectivity index (χ1n) is 6.83. The lowest BCUT2D eigenvalue weighted by Crippen LogP contribution is -2.20. The molecule has 0 spiro atoms. The average Bonchev–Trinajstić information content (AvgIpc) is 2.96. The number of anilines is 1. The number of sulfonamides is 1. The SMILES string of the molecule is CCOC(=O)C(=O)c1cscc1NS(=O)(=O)c1cccc(Cl)c1C. The van der Waals surface area contributed by atoms with Crippen LogP contribution >= 0.6 is 22.9 Å². The molecule has 128 valence electrons. The highest BCUT2D eigenvalue weighted by atomic mass is 35.5. The minimum atomic E-state index is -3.96. The second kappa shape index (κ2) is 7.33. The first kappa shape index (κ1) is 18.4. The fraction of sp³-hybridized carbons (Fsp3) is 0.200. The zero-order valence-corrected chi connectivity index (χ0v) is 15.2. The highest BCUT2D eigenvalue weighted by molar-refractivity contribution is 7.92. The number of ketones is 1. The van der Waals surface area contributed by atoms with Gasteiger partial charge in [0.15, 0.2) is 0 Å². The number of esters is 1. The molecule has 9 heteroatoms. The molecule has 0 atom stereocenters. The van der Waals surface area contributed by atoms with E-state index in [1.54, 1.807) is 19.9 Å². The predicted molar refractivity (Wildman–Crippen MR) is 92.3 cm³/mol. The molecule has 1 heterocycles. The van der Waals surface area contributed by atoms with Crippen LogP contribution in [0.3, 0.4) is 0 Å². The van der Waals surface area contributed by atoms with Crippen LogP contribution in [0.15, 0.2) is 33.9 Å². The van der Waals surface area contributed by atoms with Gasteiger partial charge in [0, 0.05) is 15.8 Å². The Morgan fingerprint density at radius 2 is 2.00 bits per heavy atom. The summed E-state index contributed by atoms with van der Waals surface area (Å²) >= 11 is 7.05. The van der Waals surface area contributed by atoms with Crippen LogP contribution in [-0.4, -0.2) is 26.8 Å². The van der Waals surface area contributed by atoms with E-state index < -0.39 is 21.8 Å². The van der Waals surface area contributed by atoms with E-state index in [4.69, 9.17) is 11.6 Å². The second-order valence-corrected chi connectivity index (χ2v) is 7.52. The van der Waals surface area contributed by atoms with E-state index >= 15 is 0 Å². The van der Waals surface area contributed by atoms with Crippen molar-refractivity contribution in [3.63, 3.8) is 0 Å². The molecule has 0 radical (unpaired) electrons. The van der Waals surface area contributed by atoms with Gasteiger partial charge in [-0.15, -0.1) is 11.3 Å². The summed E-state index contributed by atoms with van der Waals surface area (Å²) in [5, 5.41) is 3.14. The standard InChI is InChI=1S/C15H14ClNO5S2/c1-3-22-15(19)14(18)10-7-23-8-12(10)17-24(20,21)13-6-4-5-11(16)9(13)2/h4-8,17H,3H2,1-2H3. The van der Waals surface area contributed by atoms with Crippen molar-refractivity contribution in [3.8, 4) is 0 Å². The van der Waals surface area contributed by atoms with Crippen LogP contribution in [-0.2, 0) is 19.6 Å². The Labute approximate surface area is 148 Å². The third kappa shape index (κ3) is 3.77. The van der Waals surface area contributed by atoms with E-state index in [-0.39, 0.29) is 22.8 Å². The second-order valence-electron chi connectivity index (χ2n) is 4.72. The summed E-state index contributed by atoms with van der Waals surface area (Å²) in [4.78, 5) is 23.6. The van der Waals surface area contributed by atoms with Crippen molar-refractivity contribution in [2.45, 2.75) is 18.7 Å². The molecule has 0 unspecified atom stereocenters. The highest BCUT2D eigenvalue weighted by Crippen LogP contribution is 2.28. The Hall–Kier alpha value is -1.90.